The van der Waals surface area contributed by atoms with Gasteiger partial charge in [0.25, 0.3) is 0 Å². The maximum absolute atomic E-state index is 11.9. The zero-order valence-corrected chi connectivity index (χ0v) is 12.5. The highest BCUT2D eigenvalue weighted by atomic mass is 32.1. The van der Waals surface area contributed by atoms with Crippen molar-refractivity contribution in [2.75, 3.05) is 0 Å². The van der Waals surface area contributed by atoms with E-state index in [4.69, 9.17) is 5.73 Å². The van der Waals surface area contributed by atoms with Gasteiger partial charge in [0.1, 0.15) is 0 Å². The molecule has 0 bridgehead atoms. The number of hydrogen-bond acceptors (Lipinski definition) is 3. The van der Waals surface area contributed by atoms with Gasteiger partial charge in [0.15, 0.2) is 0 Å². The highest BCUT2D eigenvalue weighted by molar-refractivity contribution is 7.11. The van der Waals surface area contributed by atoms with Crippen molar-refractivity contribution < 1.29 is 4.79 Å². The molecule has 18 heavy (non-hydrogen) atoms. The number of thiophene rings is 1. The quantitative estimate of drug-likeness (QED) is 0.833. The van der Waals surface area contributed by atoms with E-state index >= 15 is 0 Å². The average Bonchev–Trinajstić information content (AvgIpc) is 2.62. The second-order valence-electron chi connectivity index (χ2n) is 5.36. The third kappa shape index (κ3) is 5.19. The van der Waals surface area contributed by atoms with Crippen LogP contribution in [0, 0.1) is 12.8 Å². The molecule has 3 nitrogen and oxygen atoms in total. The Morgan fingerprint density at radius 1 is 1.39 bits per heavy atom. The van der Waals surface area contributed by atoms with Gasteiger partial charge < -0.3 is 11.1 Å². The predicted molar refractivity (Wildman–Crippen MR) is 77.8 cm³/mol. The van der Waals surface area contributed by atoms with Crippen LogP contribution in [0.4, 0.5) is 0 Å². The zero-order chi connectivity index (χ0) is 13.7. The lowest BCUT2D eigenvalue weighted by Crippen LogP contribution is -2.45. The van der Waals surface area contributed by atoms with Gasteiger partial charge in [-0.25, -0.2) is 0 Å². The zero-order valence-electron chi connectivity index (χ0n) is 11.7. The first-order chi connectivity index (χ1) is 8.38. The first-order valence-corrected chi connectivity index (χ1v) is 7.31. The molecule has 2 atom stereocenters. The minimum absolute atomic E-state index is 0.0375. The van der Waals surface area contributed by atoms with Crippen LogP contribution in [0.5, 0.6) is 0 Å². The highest BCUT2D eigenvalue weighted by Gasteiger charge is 2.17. The number of aryl methyl sites for hydroxylation is 1. The number of hydrogen-bond donors (Lipinski definition) is 2. The molecule has 3 N–H and O–H groups in total. The minimum Gasteiger partial charge on any atom is -0.352 e. The summed E-state index contributed by atoms with van der Waals surface area (Å²) >= 11 is 1.78. The van der Waals surface area contributed by atoms with Crippen LogP contribution in [-0.2, 0) is 11.2 Å². The van der Waals surface area contributed by atoms with Gasteiger partial charge in [-0.1, -0.05) is 13.8 Å². The SMILES string of the molecule is Cc1ccc(CC(C)NC(=O)[C@@H](N)CC(C)C)s1. The molecule has 0 saturated heterocycles. The Hall–Kier alpha value is -0.870. The third-order valence-corrected chi connectivity index (χ3v) is 3.78. The number of carbonyl (C=O) groups excluding carboxylic acids is 1. The standard InChI is InChI=1S/C14H24N2OS/c1-9(2)7-13(15)14(17)16-10(3)8-12-6-5-11(4)18-12/h5-6,9-10,13H,7-8,15H2,1-4H3,(H,16,17)/t10?,13-/m0/s1. The molecule has 0 aliphatic carbocycles. The molecule has 1 aromatic rings. The molecular formula is C14H24N2OS. The Bertz CT molecular complexity index is 387. The largest absolute Gasteiger partial charge is 0.352 e. The van der Waals surface area contributed by atoms with Crippen molar-refractivity contribution in [1.82, 2.24) is 5.32 Å². The topological polar surface area (TPSA) is 55.1 Å². The van der Waals surface area contributed by atoms with Crippen molar-refractivity contribution in [2.24, 2.45) is 11.7 Å². The van der Waals surface area contributed by atoms with Crippen LogP contribution in [0.2, 0.25) is 0 Å². The Labute approximate surface area is 114 Å². The monoisotopic (exact) mass is 268 g/mol. The molecule has 1 amide bonds. The first kappa shape index (κ1) is 15.2. The second-order valence-corrected chi connectivity index (χ2v) is 6.73. The predicted octanol–water partition coefficient (Wildman–Crippen LogP) is 2.48. The van der Waals surface area contributed by atoms with E-state index in [-0.39, 0.29) is 11.9 Å². The molecule has 0 aliphatic heterocycles. The number of amides is 1. The van der Waals surface area contributed by atoms with E-state index in [0.717, 1.165) is 12.8 Å². The summed E-state index contributed by atoms with van der Waals surface area (Å²) in [6, 6.07) is 3.97. The highest BCUT2D eigenvalue weighted by Crippen LogP contribution is 2.16. The van der Waals surface area contributed by atoms with E-state index in [1.165, 1.54) is 9.75 Å². The van der Waals surface area contributed by atoms with Crippen LogP contribution in [0.1, 0.15) is 36.9 Å². The third-order valence-electron chi connectivity index (χ3n) is 2.75. The molecule has 1 heterocycles. The summed E-state index contributed by atoms with van der Waals surface area (Å²) in [4.78, 5) is 14.5. The van der Waals surface area contributed by atoms with Crippen LogP contribution < -0.4 is 11.1 Å². The molecule has 0 spiro atoms. The van der Waals surface area contributed by atoms with Gasteiger partial charge in [-0.2, -0.15) is 0 Å². The van der Waals surface area contributed by atoms with Crippen LogP contribution in [0.25, 0.3) is 0 Å². The number of rotatable bonds is 6. The summed E-state index contributed by atoms with van der Waals surface area (Å²) in [7, 11) is 0. The summed E-state index contributed by atoms with van der Waals surface area (Å²) in [5.41, 5.74) is 5.85. The molecule has 0 radical (unpaired) electrons. The number of nitrogens with one attached hydrogen (secondary N) is 1. The molecule has 102 valence electrons. The molecule has 1 unspecified atom stereocenters. The Morgan fingerprint density at radius 3 is 2.56 bits per heavy atom. The van der Waals surface area contributed by atoms with Gasteiger partial charge in [-0.15, -0.1) is 11.3 Å². The van der Waals surface area contributed by atoms with E-state index in [0.29, 0.717) is 5.92 Å². The lowest BCUT2D eigenvalue weighted by atomic mass is 10.0. The van der Waals surface area contributed by atoms with Gasteiger partial charge in [-0.3, -0.25) is 4.79 Å². The fourth-order valence-corrected chi connectivity index (χ4v) is 2.93. The molecule has 0 fully saturated rings. The van der Waals surface area contributed by atoms with Gasteiger partial charge >= 0.3 is 0 Å². The van der Waals surface area contributed by atoms with Crippen molar-refractivity contribution >= 4 is 17.2 Å². The second kappa shape index (κ2) is 6.90. The Morgan fingerprint density at radius 2 is 2.06 bits per heavy atom. The van der Waals surface area contributed by atoms with Gasteiger partial charge in [0.2, 0.25) is 5.91 Å². The van der Waals surface area contributed by atoms with Gasteiger partial charge in [0, 0.05) is 22.2 Å². The Balaban J connectivity index is 2.39. The summed E-state index contributed by atoms with van der Waals surface area (Å²) in [6.07, 6.45) is 1.61. The van der Waals surface area contributed by atoms with Crippen LogP contribution >= 0.6 is 11.3 Å². The molecular weight excluding hydrogens is 244 g/mol. The average molecular weight is 268 g/mol. The van der Waals surface area contributed by atoms with E-state index in [2.05, 4.69) is 38.2 Å². The van der Waals surface area contributed by atoms with Crippen LogP contribution in [-0.4, -0.2) is 18.0 Å². The summed E-state index contributed by atoms with van der Waals surface area (Å²) in [5, 5.41) is 2.99. The summed E-state index contributed by atoms with van der Waals surface area (Å²) < 4.78 is 0. The van der Waals surface area contributed by atoms with E-state index in [1.807, 2.05) is 6.92 Å². The molecule has 0 aromatic carbocycles. The van der Waals surface area contributed by atoms with Gasteiger partial charge in [-0.05, 0) is 38.3 Å². The lowest BCUT2D eigenvalue weighted by molar-refractivity contribution is -0.123. The van der Waals surface area contributed by atoms with E-state index < -0.39 is 6.04 Å². The summed E-state index contributed by atoms with van der Waals surface area (Å²) in [6.45, 7) is 8.26. The first-order valence-electron chi connectivity index (χ1n) is 6.49. The van der Waals surface area contributed by atoms with E-state index in [1.54, 1.807) is 11.3 Å². The Kier molecular flexibility index (Phi) is 5.82. The normalized spacial score (nSPS) is 14.6. The number of carbonyl (C=O) groups is 1. The lowest BCUT2D eigenvalue weighted by Gasteiger charge is -2.18. The minimum atomic E-state index is -0.391. The fraction of sp³-hybridized carbons (Fsp3) is 0.643. The molecule has 0 aliphatic rings. The molecule has 0 saturated carbocycles. The fourth-order valence-electron chi connectivity index (χ4n) is 1.91. The van der Waals surface area contributed by atoms with E-state index in [9.17, 15) is 4.79 Å². The summed E-state index contributed by atoms with van der Waals surface area (Å²) in [5.74, 6) is 0.408. The molecule has 1 aromatic heterocycles. The van der Waals surface area contributed by atoms with Crippen molar-refractivity contribution in [2.45, 2.75) is 52.6 Å². The van der Waals surface area contributed by atoms with Crippen LogP contribution in [0.3, 0.4) is 0 Å². The maximum Gasteiger partial charge on any atom is 0.237 e. The van der Waals surface area contributed by atoms with Crippen molar-refractivity contribution in [3.05, 3.63) is 21.9 Å². The number of nitrogens with two attached hydrogens (primary N) is 1. The smallest absolute Gasteiger partial charge is 0.237 e. The van der Waals surface area contributed by atoms with Gasteiger partial charge in [0.05, 0.1) is 6.04 Å². The van der Waals surface area contributed by atoms with Crippen molar-refractivity contribution in [3.63, 3.8) is 0 Å². The van der Waals surface area contributed by atoms with Crippen molar-refractivity contribution in [1.29, 1.82) is 0 Å². The molecule has 4 heteroatoms. The van der Waals surface area contributed by atoms with Crippen molar-refractivity contribution in [3.8, 4) is 0 Å². The molecule has 1 rings (SSSR count). The van der Waals surface area contributed by atoms with Crippen LogP contribution in [0.15, 0.2) is 12.1 Å². The maximum atomic E-state index is 11.9.